The summed E-state index contributed by atoms with van der Waals surface area (Å²) in [6.45, 7) is 2.72. The average Bonchev–Trinajstić information content (AvgIpc) is 2.78. The summed E-state index contributed by atoms with van der Waals surface area (Å²) in [5.41, 5.74) is 0. The molecule has 0 amide bonds. The molecule has 100 valence electrons. The minimum absolute atomic E-state index is 0.0502. The molecule has 2 rings (SSSR count). The molecule has 1 saturated heterocycles. The van der Waals surface area contributed by atoms with Gasteiger partial charge < -0.3 is 10.1 Å². The van der Waals surface area contributed by atoms with E-state index in [2.05, 4.69) is 5.32 Å². The van der Waals surface area contributed by atoms with E-state index < -0.39 is 12.1 Å². The fourth-order valence-corrected chi connectivity index (χ4v) is 2.69. The van der Waals surface area contributed by atoms with Crippen LogP contribution in [0.25, 0.3) is 0 Å². The molecule has 17 heavy (non-hydrogen) atoms. The fraction of sp³-hybridized carbons (Fsp3) is 1.00. The van der Waals surface area contributed by atoms with Crippen LogP contribution in [0.1, 0.15) is 32.1 Å². The first-order valence-corrected chi connectivity index (χ1v) is 6.44. The fourth-order valence-electron chi connectivity index (χ4n) is 2.69. The largest absolute Gasteiger partial charge is 0.391 e. The molecule has 1 heterocycles. The lowest BCUT2D eigenvalue weighted by atomic mass is 9.87. The lowest BCUT2D eigenvalue weighted by molar-refractivity contribution is -0.187. The summed E-state index contributed by atoms with van der Waals surface area (Å²) in [6, 6.07) is 0. The van der Waals surface area contributed by atoms with Gasteiger partial charge in [-0.05, 0) is 44.6 Å². The molecule has 0 aromatic heterocycles. The van der Waals surface area contributed by atoms with Gasteiger partial charge in [-0.1, -0.05) is 0 Å². The Hall–Kier alpha value is -0.290. The van der Waals surface area contributed by atoms with Gasteiger partial charge in [-0.3, -0.25) is 0 Å². The third-order valence-corrected chi connectivity index (χ3v) is 3.87. The summed E-state index contributed by atoms with van der Waals surface area (Å²) in [5.74, 6) is -0.550. The molecule has 1 atom stereocenters. The predicted molar refractivity (Wildman–Crippen MR) is 58.7 cm³/mol. The van der Waals surface area contributed by atoms with Gasteiger partial charge in [0.05, 0.1) is 18.6 Å². The van der Waals surface area contributed by atoms with Crippen LogP contribution in [0, 0.1) is 11.8 Å². The first-order chi connectivity index (χ1) is 8.05. The minimum atomic E-state index is -4.01. The van der Waals surface area contributed by atoms with Gasteiger partial charge in [0.25, 0.3) is 0 Å². The van der Waals surface area contributed by atoms with Crippen LogP contribution in [-0.2, 0) is 4.74 Å². The second-order valence-corrected chi connectivity index (χ2v) is 5.21. The molecular formula is C12H20F3NO. The van der Waals surface area contributed by atoms with Gasteiger partial charge in [0.2, 0.25) is 0 Å². The second-order valence-electron chi connectivity index (χ2n) is 5.21. The maximum Gasteiger partial charge on any atom is 0.391 e. The van der Waals surface area contributed by atoms with E-state index in [4.69, 9.17) is 4.74 Å². The van der Waals surface area contributed by atoms with Gasteiger partial charge in [-0.15, -0.1) is 0 Å². The zero-order valence-electron chi connectivity index (χ0n) is 9.93. The maximum absolute atomic E-state index is 12.5. The van der Waals surface area contributed by atoms with E-state index >= 15 is 0 Å². The molecule has 2 aliphatic rings. The topological polar surface area (TPSA) is 21.3 Å². The normalized spacial score (nSPS) is 35.1. The highest BCUT2D eigenvalue weighted by molar-refractivity contribution is 4.78. The molecule has 0 radical (unpaired) electrons. The molecule has 0 aromatic carbocycles. The lowest BCUT2D eigenvalue weighted by Crippen LogP contribution is -2.31. The quantitative estimate of drug-likeness (QED) is 0.832. The van der Waals surface area contributed by atoms with Crippen molar-refractivity contribution in [1.82, 2.24) is 5.32 Å². The van der Waals surface area contributed by atoms with Crippen LogP contribution in [-0.4, -0.2) is 32.0 Å². The van der Waals surface area contributed by atoms with Gasteiger partial charge in [0.1, 0.15) is 0 Å². The van der Waals surface area contributed by atoms with Gasteiger partial charge in [-0.2, -0.15) is 13.2 Å². The van der Waals surface area contributed by atoms with Crippen molar-refractivity contribution in [2.45, 2.75) is 44.4 Å². The molecule has 1 saturated carbocycles. The van der Waals surface area contributed by atoms with E-state index in [9.17, 15) is 13.2 Å². The zero-order chi connectivity index (χ0) is 12.3. The van der Waals surface area contributed by atoms with E-state index in [-0.39, 0.29) is 18.9 Å². The van der Waals surface area contributed by atoms with Crippen LogP contribution in [0.5, 0.6) is 0 Å². The van der Waals surface area contributed by atoms with Crippen molar-refractivity contribution in [3.8, 4) is 0 Å². The van der Waals surface area contributed by atoms with Crippen molar-refractivity contribution in [3.63, 3.8) is 0 Å². The predicted octanol–water partition coefficient (Wildman–Crippen LogP) is 2.73. The summed E-state index contributed by atoms with van der Waals surface area (Å²) < 4.78 is 43.1. The van der Waals surface area contributed by atoms with Gasteiger partial charge in [-0.25, -0.2) is 0 Å². The number of halogens is 3. The maximum atomic E-state index is 12.5. The molecule has 0 spiro atoms. The highest BCUT2D eigenvalue weighted by atomic mass is 19.4. The summed E-state index contributed by atoms with van der Waals surface area (Å²) in [5, 5.41) is 3.26. The molecule has 1 aliphatic carbocycles. The van der Waals surface area contributed by atoms with Gasteiger partial charge in [0, 0.05) is 6.54 Å². The number of alkyl halides is 3. The van der Waals surface area contributed by atoms with E-state index in [1.54, 1.807) is 0 Å². The van der Waals surface area contributed by atoms with Crippen LogP contribution >= 0.6 is 0 Å². The second kappa shape index (κ2) is 5.57. The van der Waals surface area contributed by atoms with Crippen molar-refractivity contribution < 1.29 is 17.9 Å². The number of rotatable bonds is 3. The molecule has 1 N–H and O–H groups in total. The Morgan fingerprint density at radius 1 is 1.06 bits per heavy atom. The third-order valence-electron chi connectivity index (χ3n) is 3.87. The number of nitrogens with one attached hydrogen (secondary N) is 1. The molecular weight excluding hydrogens is 231 g/mol. The third kappa shape index (κ3) is 3.85. The Bertz CT molecular complexity index is 230. The van der Waals surface area contributed by atoms with Crippen molar-refractivity contribution in [2.75, 3.05) is 19.7 Å². The number of ether oxygens (including phenoxy) is 1. The van der Waals surface area contributed by atoms with E-state index in [1.807, 2.05) is 0 Å². The van der Waals surface area contributed by atoms with Gasteiger partial charge in [0.15, 0.2) is 0 Å². The van der Waals surface area contributed by atoms with E-state index in [0.29, 0.717) is 25.4 Å². The van der Waals surface area contributed by atoms with Crippen LogP contribution in [0.15, 0.2) is 0 Å². The highest BCUT2D eigenvalue weighted by Crippen LogP contribution is 2.38. The molecule has 0 aromatic rings. The monoisotopic (exact) mass is 251 g/mol. The minimum Gasteiger partial charge on any atom is -0.378 e. The van der Waals surface area contributed by atoms with Crippen molar-refractivity contribution in [3.05, 3.63) is 0 Å². The number of hydrogen-bond donors (Lipinski definition) is 1. The molecule has 0 bridgehead atoms. The first kappa shape index (κ1) is 13.1. The van der Waals surface area contributed by atoms with Crippen molar-refractivity contribution in [1.29, 1.82) is 0 Å². The Kier molecular flexibility index (Phi) is 4.31. The van der Waals surface area contributed by atoms with Crippen molar-refractivity contribution >= 4 is 0 Å². The van der Waals surface area contributed by atoms with Crippen LogP contribution in [0.3, 0.4) is 0 Å². The lowest BCUT2D eigenvalue weighted by Gasteiger charge is -2.30. The smallest absolute Gasteiger partial charge is 0.378 e. The summed E-state index contributed by atoms with van der Waals surface area (Å²) >= 11 is 0. The Morgan fingerprint density at radius 2 is 1.76 bits per heavy atom. The SMILES string of the molecule is FC(F)(F)C1CCC(OCC2CCNC2)CC1. The molecule has 2 nitrogen and oxygen atoms in total. The van der Waals surface area contributed by atoms with Crippen LogP contribution in [0.2, 0.25) is 0 Å². The summed E-state index contributed by atoms with van der Waals surface area (Å²) in [4.78, 5) is 0. The Balaban J connectivity index is 1.65. The van der Waals surface area contributed by atoms with E-state index in [1.165, 1.54) is 0 Å². The standard InChI is InChI=1S/C12H20F3NO/c13-12(14,15)10-1-3-11(4-2-10)17-8-9-5-6-16-7-9/h9-11,16H,1-8H2. The Labute approximate surface area is 99.9 Å². The summed E-state index contributed by atoms with van der Waals surface area (Å²) in [6.07, 6.45) is -1.25. The average molecular weight is 251 g/mol. The number of hydrogen-bond acceptors (Lipinski definition) is 2. The molecule has 5 heteroatoms. The molecule has 1 unspecified atom stereocenters. The van der Waals surface area contributed by atoms with Crippen molar-refractivity contribution in [2.24, 2.45) is 11.8 Å². The zero-order valence-corrected chi connectivity index (χ0v) is 9.93. The Morgan fingerprint density at radius 3 is 2.29 bits per heavy atom. The highest BCUT2D eigenvalue weighted by Gasteiger charge is 2.41. The molecule has 1 aliphatic heterocycles. The first-order valence-electron chi connectivity index (χ1n) is 6.44. The van der Waals surface area contributed by atoms with Gasteiger partial charge >= 0.3 is 6.18 Å². The molecule has 2 fully saturated rings. The summed E-state index contributed by atoms with van der Waals surface area (Å²) in [7, 11) is 0. The van der Waals surface area contributed by atoms with Crippen LogP contribution < -0.4 is 5.32 Å². The van der Waals surface area contributed by atoms with Crippen LogP contribution in [0.4, 0.5) is 13.2 Å². The van der Waals surface area contributed by atoms with E-state index in [0.717, 1.165) is 19.5 Å².